The Morgan fingerprint density at radius 2 is 2.14 bits per heavy atom. The van der Waals surface area contributed by atoms with Gasteiger partial charge in [-0.2, -0.15) is 0 Å². The molecule has 0 aromatic heterocycles. The molecule has 0 saturated carbocycles. The molecule has 78 valence electrons. The molecule has 1 aliphatic heterocycles. The van der Waals surface area contributed by atoms with Crippen molar-refractivity contribution in [2.75, 3.05) is 21.1 Å². The van der Waals surface area contributed by atoms with Crippen LogP contribution in [0, 0.1) is 0 Å². The van der Waals surface area contributed by atoms with Gasteiger partial charge >= 0.3 is 0 Å². The maximum Gasteiger partial charge on any atom is 0.201 e. The summed E-state index contributed by atoms with van der Waals surface area (Å²) >= 11 is 12.1. The summed E-state index contributed by atoms with van der Waals surface area (Å²) in [7, 11) is 5.57. The van der Waals surface area contributed by atoms with Gasteiger partial charge in [0.05, 0.1) is 0 Å². The Morgan fingerprint density at radius 1 is 1.57 bits per heavy atom. The van der Waals surface area contributed by atoms with Crippen molar-refractivity contribution in [2.24, 2.45) is 4.99 Å². The minimum absolute atomic E-state index is 0.310. The fourth-order valence-corrected chi connectivity index (χ4v) is 1.69. The molecule has 0 aromatic rings. The summed E-state index contributed by atoms with van der Waals surface area (Å²) in [6.07, 6.45) is 1.70. The lowest BCUT2D eigenvalue weighted by atomic mass is 10.2. The summed E-state index contributed by atoms with van der Waals surface area (Å²) in [4.78, 5) is 7.77. The van der Waals surface area contributed by atoms with E-state index in [-0.39, 0.29) is 5.50 Å². The fraction of sp³-hybridized carbons (Fsp3) is 0.444. The summed E-state index contributed by atoms with van der Waals surface area (Å²) in [6.45, 7) is 3.72. The normalized spacial score (nSPS) is 22.2. The third kappa shape index (κ3) is 1.88. The van der Waals surface area contributed by atoms with Crippen LogP contribution in [-0.2, 0) is 0 Å². The molecule has 1 unspecified atom stereocenters. The fourth-order valence-electron chi connectivity index (χ4n) is 1.19. The summed E-state index contributed by atoms with van der Waals surface area (Å²) < 4.78 is 0. The summed E-state index contributed by atoms with van der Waals surface area (Å²) in [6, 6.07) is 0. The van der Waals surface area contributed by atoms with E-state index >= 15 is 0 Å². The van der Waals surface area contributed by atoms with Crippen LogP contribution in [-0.4, -0.2) is 41.7 Å². The van der Waals surface area contributed by atoms with E-state index in [1.807, 2.05) is 19.0 Å². The third-order valence-electron chi connectivity index (χ3n) is 1.99. The Kier molecular flexibility index (Phi) is 3.45. The van der Waals surface area contributed by atoms with E-state index in [9.17, 15) is 0 Å². The molecule has 1 heterocycles. The molecule has 0 N–H and O–H groups in total. The van der Waals surface area contributed by atoms with E-state index in [1.165, 1.54) is 0 Å². The van der Waals surface area contributed by atoms with Crippen molar-refractivity contribution < 1.29 is 0 Å². The molecule has 14 heavy (non-hydrogen) atoms. The van der Waals surface area contributed by atoms with Gasteiger partial charge in [0, 0.05) is 26.7 Å². The number of hydrogen-bond acceptors (Lipinski definition) is 3. The summed E-state index contributed by atoms with van der Waals surface area (Å²) in [5.74, 6) is 0.753. The second kappa shape index (κ2) is 4.24. The van der Waals surface area contributed by atoms with E-state index in [0.29, 0.717) is 5.29 Å². The predicted octanol–water partition coefficient (Wildman–Crippen LogP) is 2.05. The van der Waals surface area contributed by atoms with Gasteiger partial charge in [-0.3, -0.25) is 0 Å². The molecule has 0 saturated heterocycles. The van der Waals surface area contributed by atoms with Crippen molar-refractivity contribution in [3.8, 4) is 0 Å². The highest BCUT2D eigenvalue weighted by Crippen LogP contribution is 2.26. The van der Waals surface area contributed by atoms with Crippen LogP contribution in [0.3, 0.4) is 0 Å². The Balaban J connectivity index is 3.20. The Hall–Kier alpha value is -0.670. The minimum Gasteiger partial charge on any atom is -0.362 e. The number of aliphatic imine (C=N–C) groups is 1. The predicted molar refractivity (Wildman–Crippen MR) is 61.6 cm³/mol. The number of alkyl halides is 1. The molecule has 1 atom stereocenters. The maximum absolute atomic E-state index is 6.17. The number of amidine groups is 1. The molecule has 0 aromatic carbocycles. The lowest BCUT2D eigenvalue weighted by Gasteiger charge is -2.31. The first-order valence-electron chi connectivity index (χ1n) is 4.14. The van der Waals surface area contributed by atoms with Crippen molar-refractivity contribution in [3.63, 3.8) is 0 Å². The molecule has 1 aliphatic rings. The highest BCUT2D eigenvalue weighted by molar-refractivity contribution is 6.65. The molecule has 0 aliphatic carbocycles. The molecule has 0 spiro atoms. The van der Waals surface area contributed by atoms with Crippen LogP contribution in [0.15, 0.2) is 29.0 Å². The molecular formula is C9H13Cl2N3. The monoisotopic (exact) mass is 233 g/mol. The molecule has 3 nitrogen and oxygen atoms in total. The van der Waals surface area contributed by atoms with Crippen LogP contribution in [0.4, 0.5) is 0 Å². The van der Waals surface area contributed by atoms with E-state index in [4.69, 9.17) is 23.2 Å². The van der Waals surface area contributed by atoms with Crippen LogP contribution in [0.25, 0.3) is 0 Å². The molecule has 0 bridgehead atoms. The largest absolute Gasteiger partial charge is 0.362 e. The van der Waals surface area contributed by atoms with Gasteiger partial charge in [-0.25, -0.2) is 4.99 Å². The van der Waals surface area contributed by atoms with E-state index < -0.39 is 0 Å². The van der Waals surface area contributed by atoms with E-state index in [2.05, 4.69) is 11.6 Å². The van der Waals surface area contributed by atoms with Gasteiger partial charge in [0.15, 0.2) is 0 Å². The van der Waals surface area contributed by atoms with Crippen molar-refractivity contribution in [1.82, 2.24) is 9.80 Å². The standard InChI is InChI=1S/C9H13Cl2N3/c1-5-6-7(10)14(4)9(11)12-8(6)13(2)3/h5,7H,1H2,2-4H3. The van der Waals surface area contributed by atoms with Crippen LogP contribution in [0.5, 0.6) is 0 Å². The zero-order valence-corrected chi connectivity index (χ0v) is 9.97. The number of halogens is 2. The van der Waals surface area contributed by atoms with Crippen molar-refractivity contribution in [2.45, 2.75) is 5.50 Å². The number of hydrogen-bond donors (Lipinski definition) is 0. The van der Waals surface area contributed by atoms with Crippen molar-refractivity contribution in [1.29, 1.82) is 0 Å². The zero-order valence-electron chi connectivity index (χ0n) is 8.46. The van der Waals surface area contributed by atoms with Gasteiger partial charge in [0.2, 0.25) is 5.29 Å². The number of rotatable bonds is 2. The quantitative estimate of drug-likeness (QED) is 0.538. The smallest absolute Gasteiger partial charge is 0.201 e. The highest BCUT2D eigenvalue weighted by Gasteiger charge is 2.26. The minimum atomic E-state index is -0.310. The number of nitrogens with zero attached hydrogens (tertiary/aromatic N) is 3. The van der Waals surface area contributed by atoms with E-state index in [0.717, 1.165) is 11.4 Å². The Bertz CT molecular complexity index is 307. The average Bonchev–Trinajstić information content (AvgIpc) is 2.13. The third-order valence-corrected chi connectivity index (χ3v) is 2.87. The summed E-state index contributed by atoms with van der Waals surface area (Å²) in [5, 5.41) is 0.388. The first kappa shape index (κ1) is 11.4. The first-order valence-corrected chi connectivity index (χ1v) is 4.95. The van der Waals surface area contributed by atoms with E-state index in [1.54, 1.807) is 18.0 Å². The second-order valence-corrected chi connectivity index (χ2v) is 3.96. The highest BCUT2D eigenvalue weighted by atomic mass is 35.5. The van der Waals surface area contributed by atoms with Crippen molar-refractivity contribution >= 4 is 28.5 Å². The topological polar surface area (TPSA) is 18.8 Å². The molecule has 5 heteroatoms. The number of likely N-dealkylation sites (N-methyl/N-ethyl adjacent to an activating group) is 1. The van der Waals surface area contributed by atoms with Crippen LogP contribution in [0.2, 0.25) is 0 Å². The lowest BCUT2D eigenvalue weighted by Crippen LogP contribution is -2.37. The molecule has 1 rings (SSSR count). The zero-order chi connectivity index (χ0) is 10.9. The molecule has 0 amide bonds. The second-order valence-electron chi connectivity index (χ2n) is 3.21. The van der Waals surface area contributed by atoms with Gasteiger partial charge < -0.3 is 9.80 Å². The lowest BCUT2D eigenvalue weighted by molar-refractivity contribution is 0.448. The maximum atomic E-state index is 6.17. The van der Waals surface area contributed by atoms with Gasteiger partial charge in [-0.1, -0.05) is 24.3 Å². The molecule has 0 radical (unpaired) electrons. The SMILES string of the molecule is C=CC1=C(N(C)C)N=C(Cl)N(C)C1Cl. The van der Waals surface area contributed by atoms with Crippen molar-refractivity contribution in [3.05, 3.63) is 24.0 Å². The van der Waals surface area contributed by atoms with Gasteiger partial charge in [-0.05, 0) is 11.6 Å². The Morgan fingerprint density at radius 3 is 2.57 bits per heavy atom. The van der Waals surface area contributed by atoms with Crippen LogP contribution in [0.1, 0.15) is 0 Å². The first-order chi connectivity index (χ1) is 6.49. The summed E-state index contributed by atoms with van der Waals surface area (Å²) in [5.41, 5.74) is 0.554. The molecule has 0 fully saturated rings. The van der Waals surface area contributed by atoms with Crippen LogP contribution >= 0.6 is 23.2 Å². The van der Waals surface area contributed by atoms with Crippen LogP contribution < -0.4 is 0 Å². The van der Waals surface area contributed by atoms with Gasteiger partial charge in [0.1, 0.15) is 11.3 Å². The Labute approximate surface area is 94.3 Å². The molecular weight excluding hydrogens is 221 g/mol. The van der Waals surface area contributed by atoms with Gasteiger partial charge in [0.25, 0.3) is 0 Å². The van der Waals surface area contributed by atoms with Gasteiger partial charge in [-0.15, -0.1) is 0 Å². The average molecular weight is 234 g/mol.